The number of sulfone groups is 1. The first-order valence-corrected chi connectivity index (χ1v) is 6.99. The molecule has 1 heterocycles. The van der Waals surface area contributed by atoms with Crippen molar-refractivity contribution >= 4 is 16.1 Å². The second-order valence-corrected chi connectivity index (χ2v) is 5.79. The zero-order valence-corrected chi connectivity index (χ0v) is 11.0. The van der Waals surface area contributed by atoms with Crippen LogP contribution >= 0.6 is 0 Å². The Kier molecular flexibility index (Phi) is 3.62. The van der Waals surface area contributed by atoms with Crippen molar-refractivity contribution in [2.45, 2.75) is 16.7 Å². The molecular formula is C13H12N2O3S. The van der Waals surface area contributed by atoms with Gasteiger partial charge in [-0.3, -0.25) is 4.98 Å². The summed E-state index contributed by atoms with van der Waals surface area (Å²) in [4.78, 5) is 4.17. The number of aromatic nitrogens is 1. The summed E-state index contributed by atoms with van der Waals surface area (Å²) < 4.78 is 25.1. The molecule has 0 atom stereocenters. The molecule has 0 amide bonds. The van der Waals surface area contributed by atoms with Gasteiger partial charge in [-0.05, 0) is 30.7 Å². The first-order valence-electron chi connectivity index (χ1n) is 5.50. The van der Waals surface area contributed by atoms with E-state index in [1.54, 1.807) is 31.2 Å². The van der Waals surface area contributed by atoms with Gasteiger partial charge in [-0.2, -0.15) is 0 Å². The average Bonchev–Trinajstić information content (AvgIpc) is 2.40. The second-order valence-electron chi connectivity index (χ2n) is 3.90. The van der Waals surface area contributed by atoms with Crippen molar-refractivity contribution < 1.29 is 13.6 Å². The Labute approximate surface area is 111 Å². The Balaban J connectivity index is 2.72. The highest BCUT2D eigenvalue weighted by Gasteiger charge is 2.23. The molecule has 1 N–H and O–H groups in total. The van der Waals surface area contributed by atoms with Crippen molar-refractivity contribution in [3.05, 3.63) is 53.9 Å². The van der Waals surface area contributed by atoms with E-state index >= 15 is 0 Å². The van der Waals surface area contributed by atoms with Crippen LogP contribution in [-0.4, -0.2) is 24.8 Å². The molecule has 0 saturated carbocycles. The van der Waals surface area contributed by atoms with Gasteiger partial charge in [0.05, 0.1) is 11.1 Å². The number of benzene rings is 1. The molecule has 1 aromatic carbocycles. The zero-order chi connectivity index (χ0) is 13.9. The van der Waals surface area contributed by atoms with Gasteiger partial charge >= 0.3 is 0 Å². The van der Waals surface area contributed by atoms with Crippen molar-refractivity contribution in [1.82, 2.24) is 4.98 Å². The first kappa shape index (κ1) is 13.2. The average molecular weight is 276 g/mol. The number of pyridine rings is 1. The van der Waals surface area contributed by atoms with E-state index in [1.807, 2.05) is 0 Å². The lowest BCUT2D eigenvalue weighted by Gasteiger charge is -2.09. The van der Waals surface area contributed by atoms with E-state index < -0.39 is 9.84 Å². The van der Waals surface area contributed by atoms with Gasteiger partial charge in [0.1, 0.15) is 10.6 Å². The summed E-state index contributed by atoms with van der Waals surface area (Å²) in [5.74, 6) is 0. The molecule has 6 heteroatoms. The van der Waals surface area contributed by atoms with E-state index in [1.165, 1.54) is 18.3 Å². The van der Waals surface area contributed by atoms with Crippen molar-refractivity contribution in [1.29, 1.82) is 0 Å². The maximum atomic E-state index is 12.6. The number of rotatable bonds is 3. The lowest BCUT2D eigenvalue weighted by atomic mass is 10.2. The number of nitrogens with zero attached hydrogens (tertiary/aromatic N) is 2. The van der Waals surface area contributed by atoms with Gasteiger partial charge < -0.3 is 5.21 Å². The van der Waals surface area contributed by atoms with Gasteiger partial charge in [0.15, 0.2) is 0 Å². The molecule has 0 aliphatic heterocycles. The number of hydrogen-bond acceptors (Lipinski definition) is 5. The molecule has 98 valence electrons. The SMILES string of the molecule is Cc1ccnc(C=NO)c1S(=O)(=O)c1ccccc1. The predicted molar refractivity (Wildman–Crippen MR) is 70.2 cm³/mol. The van der Waals surface area contributed by atoms with Crippen LogP contribution in [0, 0.1) is 6.92 Å². The van der Waals surface area contributed by atoms with E-state index in [9.17, 15) is 8.42 Å². The molecule has 0 saturated heterocycles. The molecule has 2 rings (SSSR count). The lowest BCUT2D eigenvalue weighted by molar-refractivity contribution is 0.321. The first-order chi connectivity index (χ1) is 9.07. The molecule has 0 unspecified atom stereocenters. The lowest BCUT2D eigenvalue weighted by Crippen LogP contribution is -2.09. The normalized spacial score (nSPS) is 11.8. The minimum absolute atomic E-state index is 0.0546. The van der Waals surface area contributed by atoms with Gasteiger partial charge in [-0.15, -0.1) is 0 Å². The van der Waals surface area contributed by atoms with E-state index in [2.05, 4.69) is 10.1 Å². The Morgan fingerprint density at radius 1 is 1.21 bits per heavy atom. The largest absolute Gasteiger partial charge is 0.411 e. The van der Waals surface area contributed by atoms with E-state index in [4.69, 9.17) is 5.21 Å². The van der Waals surface area contributed by atoms with Crippen molar-refractivity contribution in [2.24, 2.45) is 5.16 Å². The van der Waals surface area contributed by atoms with Crippen LogP contribution in [0.25, 0.3) is 0 Å². The molecule has 0 aliphatic rings. The molecule has 0 spiro atoms. The summed E-state index contributed by atoms with van der Waals surface area (Å²) >= 11 is 0. The van der Waals surface area contributed by atoms with Crippen molar-refractivity contribution in [3.63, 3.8) is 0 Å². The van der Waals surface area contributed by atoms with Gasteiger partial charge in [-0.1, -0.05) is 23.4 Å². The summed E-state index contributed by atoms with van der Waals surface area (Å²) in [6.45, 7) is 1.67. The number of aryl methyl sites for hydroxylation is 1. The minimum Gasteiger partial charge on any atom is -0.411 e. The van der Waals surface area contributed by atoms with Gasteiger partial charge in [0.2, 0.25) is 9.84 Å². The fourth-order valence-electron chi connectivity index (χ4n) is 1.78. The maximum absolute atomic E-state index is 12.6. The number of hydrogen-bond donors (Lipinski definition) is 1. The Morgan fingerprint density at radius 3 is 2.53 bits per heavy atom. The maximum Gasteiger partial charge on any atom is 0.209 e. The fraction of sp³-hybridized carbons (Fsp3) is 0.0769. The molecule has 2 aromatic rings. The molecule has 0 aliphatic carbocycles. The molecular weight excluding hydrogens is 264 g/mol. The molecule has 0 bridgehead atoms. The molecule has 1 aromatic heterocycles. The van der Waals surface area contributed by atoms with Crippen LogP contribution in [0.5, 0.6) is 0 Å². The third kappa shape index (κ3) is 2.48. The highest BCUT2D eigenvalue weighted by molar-refractivity contribution is 7.91. The predicted octanol–water partition coefficient (Wildman–Crippen LogP) is 2.03. The van der Waals surface area contributed by atoms with Crippen LogP contribution in [-0.2, 0) is 9.84 Å². The van der Waals surface area contributed by atoms with Crippen LogP contribution in [0.15, 0.2) is 57.5 Å². The third-order valence-corrected chi connectivity index (χ3v) is 4.59. The van der Waals surface area contributed by atoms with Crippen molar-refractivity contribution in [3.8, 4) is 0 Å². The van der Waals surface area contributed by atoms with Gasteiger partial charge in [0, 0.05) is 6.20 Å². The van der Waals surface area contributed by atoms with Gasteiger partial charge in [-0.25, -0.2) is 8.42 Å². The third-order valence-electron chi connectivity index (χ3n) is 2.63. The highest BCUT2D eigenvalue weighted by atomic mass is 32.2. The van der Waals surface area contributed by atoms with E-state index in [0.29, 0.717) is 5.56 Å². The van der Waals surface area contributed by atoms with Crippen LogP contribution in [0.1, 0.15) is 11.3 Å². The summed E-state index contributed by atoms with van der Waals surface area (Å²) in [6.07, 6.45) is 2.49. The summed E-state index contributed by atoms with van der Waals surface area (Å²) in [5, 5.41) is 11.5. The van der Waals surface area contributed by atoms with Crippen molar-refractivity contribution in [2.75, 3.05) is 0 Å². The minimum atomic E-state index is -3.69. The zero-order valence-electron chi connectivity index (χ0n) is 10.2. The van der Waals surface area contributed by atoms with Crippen LogP contribution < -0.4 is 0 Å². The topological polar surface area (TPSA) is 79.6 Å². The number of oxime groups is 1. The quantitative estimate of drug-likeness (QED) is 0.528. The monoisotopic (exact) mass is 276 g/mol. The summed E-state index contributed by atoms with van der Waals surface area (Å²) in [6, 6.07) is 9.68. The fourth-order valence-corrected chi connectivity index (χ4v) is 3.40. The van der Waals surface area contributed by atoms with Crippen LogP contribution in [0.3, 0.4) is 0 Å². The molecule has 0 fully saturated rings. The van der Waals surface area contributed by atoms with E-state index in [0.717, 1.165) is 6.21 Å². The summed E-state index contributed by atoms with van der Waals surface area (Å²) in [5.41, 5.74) is 0.667. The second kappa shape index (κ2) is 5.19. The Morgan fingerprint density at radius 2 is 1.89 bits per heavy atom. The standard InChI is InChI=1S/C13H12N2O3S/c1-10-7-8-14-12(9-15-16)13(10)19(17,18)11-5-3-2-4-6-11/h2-9,16H,1H3. The van der Waals surface area contributed by atoms with Gasteiger partial charge in [0.25, 0.3) is 0 Å². The van der Waals surface area contributed by atoms with Crippen LogP contribution in [0.2, 0.25) is 0 Å². The molecule has 0 radical (unpaired) electrons. The Hall–Kier alpha value is -2.21. The molecule has 19 heavy (non-hydrogen) atoms. The Bertz CT molecular complexity index is 710. The smallest absolute Gasteiger partial charge is 0.209 e. The molecule has 5 nitrogen and oxygen atoms in total. The highest BCUT2D eigenvalue weighted by Crippen LogP contribution is 2.25. The van der Waals surface area contributed by atoms with Crippen LogP contribution in [0.4, 0.5) is 0 Å². The summed E-state index contributed by atoms with van der Waals surface area (Å²) in [7, 11) is -3.69. The van der Waals surface area contributed by atoms with E-state index in [-0.39, 0.29) is 15.5 Å².